The molecule has 2 heterocycles. The summed E-state index contributed by atoms with van der Waals surface area (Å²) in [7, 11) is -3.73. The van der Waals surface area contributed by atoms with Crippen molar-refractivity contribution in [3.63, 3.8) is 0 Å². The molecule has 10 heteroatoms. The molecule has 4 rings (SSSR count). The summed E-state index contributed by atoms with van der Waals surface area (Å²) in [5.74, 6) is -3.42. The van der Waals surface area contributed by atoms with Gasteiger partial charge in [0, 0.05) is 19.5 Å². The van der Waals surface area contributed by atoms with Crippen molar-refractivity contribution in [2.75, 3.05) is 18.8 Å². The van der Waals surface area contributed by atoms with E-state index in [0.29, 0.717) is 29.8 Å². The van der Waals surface area contributed by atoms with Gasteiger partial charge >= 0.3 is 0 Å². The summed E-state index contributed by atoms with van der Waals surface area (Å²) in [4.78, 5) is 45.2. The fraction of sp³-hybridized carbons (Fsp3) is 0.407. The molecule has 3 aromatic rings. The van der Waals surface area contributed by atoms with Gasteiger partial charge in [-0.25, -0.2) is 13.4 Å². The summed E-state index contributed by atoms with van der Waals surface area (Å²) in [5.41, 5.74) is 1.58. The van der Waals surface area contributed by atoms with Gasteiger partial charge < -0.3 is 14.6 Å². The first-order valence-electron chi connectivity index (χ1n) is 12.5. The Morgan fingerprint density at radius 1 is 1.03 bits per heavy atom. The number of nitrogens with one attached hydrogen (secondary N) is 1. The number of ketones is 1. The van der Waals surface area contributed by atoms with Crippen LogP contribution in [0.3, 0.4) is 0 Å². The molecule has 0 saturated carbocycles. The first-order chi connectivity index (χ1) is 17.8. The van der Waals surface area contributed by atoms with Crippen molar-refractivity contribution >= 4 is 38.5 Å². The lowest BCUT2D eigenvalue weighted by Crippen LogP contribution is -2.46. The van der Waals surface area contributed by atoms with E-state index in [4.69, 9.17) is 4.42 Å². The number of fused-ring (bicyclic) bond motifs is 1. The van der Waals surface area contributed by atoms with Gasteiger partial charge in [-0.3, -0.25) is 14.4 Å². The van der Waals surface area contributed by atoms with Crippen LogP contribution in [0, 0.1) is 5.92 Å². The fourth-order valence-electron chi connectivity index (χ4n) is 4.50. The molecule has 1 aliphatic heterocycles. The number of carbonyl (C=O) groups excluding carboxylic acids is 3. The van der Waals surface area contributed by atoms with Gasteiger partial charge in [-0.15, -0.1) is 0 Å². The van der Waals surface area contributed by atoms with Gasteiger partial charge in [0.15, 0.2) is 15.4 Å². The van der Waals surface area contributed by atoms with Crippen molar-refractivity contribution in [3.8, 4) is 0 Å². The minimum absolute atomic E-state index is 0.130. The second kappa shape index (κ2) is 11.7. The Morgan fingerprint density at radius 3 is 2.38 bits per heavy atom. The molecule has 2 amide bonds. The molecule has 196 valence electrons. The maximum Gasteiger partial charge on any atom is 0.266 e. The number of amides is 2. The van der Waals surface area contributed by atoms with Crippen molar-refractivity contribution in [1.29, 1.82) is 0 Å². The minimum Gasteiger partial charge on any atom is -0.434 e. The van der Waals surface area contributed by atoms with E-state index in [9.17, 15) is 22.8 Å². The lowest BCUT2D eigenvalue weighted by atomic mass is 10.0. The van der Waals surface area contributed by atoms with Crippen LogP contribution in [0.25, 0.3) is 11.1 Å². The molecule has 2 atom stereocenters. The zero-order chi connectivity index (χ0) is 26.4. The molecule has 0 aliphatic carbocycles. The highest BCUT2D eigenvalue weighted by atomic mass is 32.2. The number of aromatic nitrogens is 1. The van der Waals surface area contributed by atoms with Crippen LogP contribution in [-0.4, -0.2) is 60.8 Å². The minimum atomic E-state index is -3.73. The quantitative estimate of drug-likeness (QED) is 0.381. The maximum absolute atomic E-state index is 13.4. The predicted octanol–water partition coefficient (Wildman–Crippen LogP) is 3.15. The molecule has 1 fully saturated rings. The number of hydrogen-bond acceptors (Lipinski definition) is 7. The van der Waals surface area contributed by atoms with E-state index in [0.717, 1.165) is 12.8 Å². The topological polar surface area (TPSA) is 127 Å². The molecule has 1 aliphatic rings. The average molecular weight is 526 g/mol. The van der Waals surface area contributed by atoms with Crippen LogP contribution >= 0.6 is 0 Å². The summed E-state index contributed by atoms with van der Waals surface area (Å²) < 4.78 is 31.6. The molecule has 1 aromatic heterocycles. The lowest BCUT2D eigenvalue weighted by Gasteiger charge is -2.23. The zero-order valence-corrected chi connectivity index (χ0v) is 21.6. The average Bonchev–Trinajstić information content (AvgIpc) is 3.57. The van der Waals surface area contributed by atoms with E-state index in [1.54, 1.807) is 66.4 Å². The second-order valence-electron chi connectivity index (χ2n) is 9.35. The SMILES string of the molecule is CC[C@H](NC(=O)C(CC(=O)N1CCCC1)CS(=O)(=O)Cc1ccccc1)C(=O)c1nc2ccccc2o1. The number of oxazole rings is 1. The number of nitrogens with zero attached hydrogens (tertiary/aromatic N) is 2. The van der Waals surface area contributed by atoms with Crippen LogP contribution in [-0.2, 0) is 25.2 Å². The van der Waals surface area contributed by atoms with E-state index in [2.05, 4.69) is 10.3 Å². The van der Waals surface area contributed by atoms with Crippen LogP contribution in [0.1, 0.15) is 48.9 Å². The Morgan fingerprint density at radius 2 is 1.70 bits per heavy atom. The summed E-state index contributed by atoms with van der Waals surface area (Å²) in [6.07, 6.45) is 1.76. The van der Waals surface area contributed by atoms with Gasteiger partial charge in [-0.1, -0.05) is 49.4 Å². The van der Waals surface area contributed by atoms with Gasteiger partial charge in [-0.2, -0.15) is 0 Å². The number of para-hydroxylation sites is 2. The van der Waals surface area contributed by atoms with Crippen LogP contribution in [0.4, 0.5) is 0 Å². The highest BCUT2D eigenvalue weighted by Crippen LogP contribution is 2.19. The van der Waals surface area contributed by atoms with Crippen LogP contribution in [0.15, 0.2) is 59.0 Å². The van der Waals surface area contributed by atoms with Gasteiger partial charge in [-0.05, 0) is 37.0 Å². The maximum atomic E-state index is 13.4. The number of Topliss-reactive ketones (excluding diaryl/α,β-unsaturated/α-hetero) is 1. The Bertz CT molecular complexity index is 1330. The Labute approximate surface area is 216 Å². The first kappa shape index (κ1) is 26.5. The lowest BCUT2D eigenvalue weighted by molar-refractivity contribution is -0.135. The molecule has 1 unspecified atom stereocenters. The van der Waals surface area contributed by atoms with Gasteiger partial charge in [0.1, 0.15) is 5.52 Å². The zero-order valence-electron chi connectivity index (χ0n) is 20.8. The molecule has 1 N–H and O–H groups in total. The van der Waals surface area contributed by atoms with Crippen molar-refractivity contribution < 1.29 is 27.2 Å². The molecule has 1 saturated heterocycles. The third-order valence-electron chi connectivity index (χ3n) is 6.48. The monoisotopic (exact) mass is 525 g/mol. The molecule has 0 bridgehead atoms. The molecule has 37 heavy (non-hydrogen) atoms. The predicted molar refractivity (Wildman–Crippen MR) is 138 cm³/mol. The summed E-state index contributed by atoms with van der Waals surface area (Å²) >= 11 is 0. The second-order valence-corrected chi connectivity index (χ2v) is 11.5. The van der Waals surface area contributed by atoms with Crippen LogP contribution in [0.2, 0.25) is 0 Å². The first-order valence-corrected chi connectivity index (χ1v) is 14.3. The smallest absolute Gasteiger partial charge is 0.266 e. The highest BCUT2D eigenvalue weighted by molar-refractivity contribution is 7.90. The van der Waals surface area contributed by atoms with E-state index in [-0.39, 0.29) is 30.4 Å². The number of benzene rings is 2. The van der Waals surface area contributed by atoms with E-state index < -0.39 is 39.2 Å². The Hall–Kier alpha value is -3.53. The van der Waals surface area contributed by atoms with E-state index in [1.807, 2.05) is 0 Å². The third kappa shape index (κ3) is 6.82. The number of carbonyl (C=O) groups is 3. The van der Waals surface area contributed by atoms with E-state index in [1.165, 1.54) is 0 Å². The summed E-state index contributed by atoms with van der Waals surface area (Å²) in [6.45, 7) is 2.91. The number of rotatable bonds is 11. The normalized spacial score (nSPS) is 15.4. The third-order valence-corrected chi connectivity index (χ3v) is 8.16. The van der Waals surface area contributed by atoms with Crippen molar-refractivity contribution in [1.82, 2.24) is 15.2 Å². The van der Waals surface area contributed by atoms with Crippen LogP contribution in [0.5, 0.6) is 0 Å². The molecule has 0 spiro atoms. The fourth-order valence-corrected chi connectivity index (χ4v) is 6.20. The molecule has 2 aromatic carbocycles. The van der Waals surface area contributed by atoms with Gasteiger partial charge in [0.25, 0.3) is 5.89 Å². The molecule has 0 radical (unpaired) electrons. The van der Waals surface area contributed by atoms with Crippen molar-refractivity contribution in [2.45, 2.75) is 44.4 Å². The largest absolute Gasteiger partial charge is 0.434 e. The van der Waals surface area contributed by atoms with Gasteiger partial charge in [0.05, 0.1) is 23.5 Å². The number of hydrogen-bond donors (Lipinski definition) is 1. The molecular weight excluding hydrogens is 494 g/mol. The van der Waals surface area contributed by atoms with Crippen molar-refractivity contribution in [3.05, 3.63) is 66.1 Å². The number of likely N-dealkylation sites (tertiary alicyclic amines) is 1. The highest BCUT2D eigenvalue weighted by Gasteiger charge is 2.33. The Balaban J connectivity index is 1.51. The molecular formula is C27H31N3O6S. The summed E-state index contributed by atoms with van der Waals surface area (Å²) in [6, 6.07) is 14.7. The standard InChI is InChI=1S/C27H31N3O6S/c1-2-21(25(32)27-29-22-12-6-7-13-23(22)36-27)28-26(33)20(16-24(31)30-14-8-9-15-30)18-37(34,35)17-19-10-4-3-5-11-19/h3-7,10-13,20-21H,2,8-9,14-18H2,1H3,(H,28,33)/t20?,21-/m0/s1. The van der Waals surface area contributed by atoms with Gasteiger partial charge in [0.2, 0.25) is 17.6 Å². The number of sulfone groups is 1. The Kier molecular flexibility index (Phi) is 8.38. The molecule has 9 nitrogen and oxygen atoms in total. The summed E-state index contributed by atoms with van der Waals surface area (Å²) in [5, 5.41) is 2.67. The van der Waals surface area contributed by atoms with E-state index >= 15 is 0 Å². The van der Waals surface area contributed by atoms with Crippen LogP contribution < -0.4 is 5.32 Å². The van der Waals surface area contributed by atoms with Crippen molar-refractivity contribution in [2.24, 2.45) is 5.92 Å².